The molecule has 3 aliphatic heterocycles. The maximum Gasteiger partial charge on any atom is 0.490 e. The van der Waals surface area contributed by atoms with Crippen LogP contribution in [-0.4, -0.2) is 72.6 Å². The Bertz CT molecular complexity index is 740. The van der Waals surface area contributed by atoms with Crippen LogP contribution in [0.15, 0.2) is 30.3 Å². The van der Waals surface area contributed by atoms with Gasteiger partial charge in [-0.1, -0.05) is 30.3 Å². The van der Waals surface area contributed by atoms with Crippen molar-refractivity contribution >= 4 is 11.9 Å². The summed E-state index contributed by atoms with van der Waals surface area (Å²) in [6, 6.07) is 10.6. The minimum Gasteiger partial charge on any atom is -0.475 e. The van der Waals surface area contributed by atoms with Crippen LogP contribution in [-0.2, 0) is 25.7 Å². The van der Waals surface area contributed by atoms with Crippen molar-refractivity contribution in [3.63, 3.8) is 0 Å². The Hall–Kier alpha value is -2.17. The van der Waals surface area contributed by atoms with E-state index in [0.29, 0.717) is 25.0 Å². The Kier molecular flexibility index (Phi) is 7.90. The van der Waals surface area contributed by atoms with Crippen LogP contribution in [0.2, 0.25) is 0 Å². The molecule has 31 heavy (non-hydrogen) atoms. The minimum atomic E-state index is -5.08. The van der Waals surface area contributed by atoms with E-state index in [9.17, 15) is 18.0 Å². The van der Waals surface area contributed by atoms with Gasteiger partial charge in [0.1, 0.15) is 0 Å². The molecule has 0 radical (unpaired) electrons. The molecule has 3 atom stereocenters. The van der Waals surface area contributed by atoms with E-state index in [4.69, 9.17) is 19.5 Å². The number of rotatable bonds is 3. The van der Waals surface area contributed by atoms with Crippen LogP contribution in [0.5, 0.6) is 0 Å². The number of hydroxylamine groups is 2. The van der Waals surface area contributed by atoms with Gasteiger partial charge in [0, 0.05) is 26.2 Å². The summed E-state index contributed by atoms with van der Waals surface area (Å²) < 4.78 is 37.5. The van der Waals surface area contributed by atoms with Crippen LogP contribution in [0.25, 0.3) is 0 Å². The minimum absolute atomic E-state index is 0.0531. The van der Waals surface area contributed by atoms with Crippen LogP contribution in [0, 0.1) is 17.8 Å². The average molecular weight is 444 g/mol. The lowest BCUT2D eigenvalue weighted by Gasteiger charge is -2.36. The number of hydrogen-bond donors (Lipinski definition) is 1. The van der Waals surface area contributed by atoms with Crippen molar-refractivity contribution < 1.29 is 37.4 Å². The largest absolute Gasteiger partial charge is 0.490 e. The fraction of sp³-hybridized carbons (Fsp3) is 0.619. The summed E-state index contributed by atoms with van der Waals surface area (Å²) in [5.41, 5.74) is 1.33. The summed E-state index contributed by atoms with van der Waals surface area (Å²) in [4.78, 5) is 29.8. The summed E-state index contributed by atoms with van der Waals surface area (Å²) in [5, 5.41) is 8.72. The van der Waals surface area contributed by atoms with Gasteiger partial charge in [-0.15, -0.1) is 0 Å². The zero-order valence-corrected chi connectivity index (χ0v) is 17.1. The number of carboxylic acid groups (broad SMARTS) is 1. The van der Waals surface area contributed by atoms with Gasteiger partial charge in [0.2, 0.25) is 0 Å². The first-order valence-corrected chi connectivity index (χ1v) is 10.3. The smallest absolute Gasteiger partial charge is 0.475 e. The zero-order chi connectivity index (χ0) is 22.4. The Labute approximate surface area is 178 Å². The van der Waals surface area contributed by atoms with Crippen molar-refractivity contribution in [2.75, 3.05) is 39.5 Å². The molecule has 10 heteroatoms. The second-order valence-corrected chi connectivity index (χ2v) is 8.03. The van der Waals surface area contributed by atoms with Gasteiger partial charge in [-0.3, -0.25) is 14.5 Å². The number of ether oxygens (including phenoxy) is 1. The Morgan fingerprint density at radius 2 is 1.81 bits per heavy atom. The maximum absolute atomic E-state index is 12.9. The Balaban J connectivity index is 0.000000339. The number of alkyl halides is 3. The Morgan fingerprint density at radius 1 is 1.10 bits per heavy atom. The third-order valence-electron chi connectivity index (χ3n) is 5.77. The number of carbonyl (C=O) groups excluding carboxylic acids is 1. The van der Waals surface area contributed by atoms with E-state index in [2.05, 4.69) is 35.2 Å². The lowest BCUT2D eigenvalue weighted by atomic mass is 9.82. The Morgan fingerprint density at radius 3 is 2.42 bits per heavy atom. The van der Waals surface area contributed by atoms with E-state index in [1.807, 2.05) is 0 Å². The molecule has 7 nitrogen and oxygen atoms in total. The lowest BCUT2D eigenvalue weighted by Crippen LogP contribution is -2.47. The van der Waals surface area contributed by atoms with Gasteiger partial charge in [-0.05, 0) is 30.2 Å². The van der Waals surface area contributed by atoms with E-state index in [1.165, 1.54) is 5.56 Å². The molecule has 0 aromatic heterocycles. The highest BCUT2D eigenvalue weighted by molar-refractivity contribution is 5.78. The van der Waals surface area contributed by atoms with Crippen molar-refractivity contribution in [1.82, 2.24) is 9.96 Å². The number of halogens is 3. The molecule has 4 rings (SSSR count). The van der Waals surface area contributed by atoms with Crippen molar-refractivity contribution in [2.24, 2.45) is 17.8 Å². The first-order chi connectivity index (χ1) is 14.8. The van der Waals surface area contributed by atoms with Gasteiger partial charge in [-0.25, -0.2) is 9.86 Å². The summed E-state index contributed by atoms with van der Waals surface area (Å²) in [5.74, 6) is -1.83. The number of fused-ring (bicyclic) bond motifs is 1. The molecule has 0 unspecified atom stereocenters. The third kappa shape index (κ3) is 6.41. The standard InChI is InChI=1S/C19H26N2O3.C2HF3O2/c22-19(21-8-4-5-9-24-21)18-14-23-13-16-11-20(12-17(16)18)10-15-6-2-1-3-7-15;3-2(4,5)1(6)7/h1-3,6-7,16-18H,4-5,8-14H2;(H,6,7)/t16-,17-,18+;/m1./s1. The predicted molar refractivity (Wildman–Crippen MR) is 104 cm³/mol. The molecule has 3 heterocycles. The quantitative estimate of drug-likeness (QED) is 0.772. The second-order valence-electron chi connectivity index (χ2n) is 8.03. The molecule has 3 fully saturated rings. The third-order valence-corrected chi connectivity index (χ3v) is 5.77. The number of aliphatic carboxylic acids is 1. The van der Waals surface area contributed by atoms with Gasteiger partial charge in [0.25, 0.3) is 5.91 Å². The number of nitrogens with zero attached hydrogens (tertiary/aromatic N) is 2. The number of amides is 1. The monoisotopic (exact) mass is 444 g/mol. The van der Waals surface area contributed by atoms with E-state index in [0.717, 1.165) is 45.6 Å². The van der Waals surface area contributed by atoms with Crippen LogP contribution in [0.1, 0.15) is 18.4 Å². The number of carbonyl (C=O) groups is 2. The molecule has 172 valence electrons. The summed E-state index contributed by atoms with van der Waals surface area (Å²) >= 11 is 0. The number of benzene rings is 1. The first kappa shape index (κ1) is 23.5. The van der Waals surface area contributed by atoms with Crippen LogP contribution in [0.3, 0.4) is 0 Å². The molecular weight excluding hydrogens is 417 g/mol. The second kappa shape index (κ2) is 10.4. The fourth-order valence-corrected chi connectivity index (χ4v) is 4.27. The average Bonchev–Trinajstić information content (AvgIpc) is 3.17. The molecular formula is C21H27F3N2O5. The van der Waals surface area contributed by atoms with Crippen molar-refractivity contribution in [1.29, 1.82) is 0 Å². The van der Waals surface area contributed by atoms with Gasteiger partial charge >= 0.3 is 12.1 Å². The number of carboxylic acids is 1. The van der Waals surface area contributed by atoms with Crippen molar-refractivity contribution in [3.05, 3.63) is 35.9 Å². The number of hydrogen-bond acceptors (Lipinski definition) is 5. The first-order valence-electron chi connectivity index (χ1n) is 10.3. The van der Waals surface area contributed by atoms with Crippen molar-refractivity contribution in [3.8, 4) is 0 Å². The van der Waals surface area contributed by atoms with E-state index in [1.54, 1.807) is 5.06 Å². The summed E-state index contributed by atoms with van der Waals surface area (Å²) in [6.07, 6.45) is -3.00. The highest BCUT2D eigenvalue weighted by Gasteiger charge is 2.45. The molecule has 1 amide bonds. The van der Waals surface area contributed by atoms with Crippen molar-refractivity contribution in [2.45, 2.75) is 25.6 Å². The van der Waals surface area contributed by atoms with Gasteiger partial charge < -0.3 is 9.84 Å². The molecule has 1 N–H and O–H groups in total. The van der Waals surface area contributed by atoms with Gasteiger partial charge in [-0.2, -0.15) is 13.2 Å². The van der Waals surface area contributed by atoms with Crippen LogP contribution >= 0.6 is 0 Å². The predicted octanol–water partition coefficient (Wildman–Crippen LogP) is 2.57. The zero-order valence-electron chi connectivity index (χ0n) is 17.1. The summed E-state index contributed by atoms with van der Waals surface area (Å²) in [7, 11) is 0. The van der Waals surface area contributed by atoms with E-state index in [-0.39, 0.29) is 11.8 Å². The molecule has 0 saturated carbocycles. The van der Waals surface area contributed by atoms with Crippen LogP contribution < -0.4 is 0 Å². The molecule has 0 bridgehead atoms. The maximum atomic E-state index is 12.9. The molecule has 3 aliphatic rings. The van der Waals surface area contributed by atoms with Gasteiger partial charge in [0.15, 0.2) is 0 Å². The molecule has 0 aliphatic carbocycles. The molecule has 3 saturated heterocycles. The fourth-order valence-electron chi connectivity index (χ4n) is 4.27. The molecule has 1 aromatic carbocycles. The molecule has 0 spiro atoms. The van der Waals surface area contributed by atoms with Crippen LogP contribution in [0.4, 0.5) is 13.2 Å². The SMILES string of the molecule is O=C(O)C(F)(F)F.O=C([C@H]1COC[C@H]2CN(Cc3ccccc3)C[C@H]21)N1CCCCO1. The van der Waals surface area contributed by atoms with E-state index < -0.39 is 12.1 Å². The highest BCUT2D eigenvalue weighted by atomic mass is 19.4. The number of likely N-dealkylation sites (tertiary alicyclic amines) is 1. The van der Waals surface area contributed by atoms with Gasteiger partial charge in [0.05, 0.1) is 25.7 Å². The molecule has 1 aromatic rings. The summed E-state index contributed by atoms with van der Waals surface area (Å²) in [6.45, 7) is 5.65. The van der Waals surface area contributed by atoms with E-state index >= 15 is 0 Å². The lowest BCUT2D eigenvalue weighted by molar-refractivity contribution is -0.207. The normalized spacial score (nSPS) is 26.5. The topological polar surface area (TPSA) is 79.3 Å². The highest BCUT2D eigenvalue weighted by Crippen LogP contribution is 2.36.